The summed E-state index contributed by atoms with van der Waals surface area (Å²) in [6.07, 6.45) is 15.1. The van der Waals surface area contributed by atoms with E-state index in [-0.39, 0.29) is 6.54 Å². The fourth-order valence-electron chi connectivity index (χ4n) is 10.8. The molecule has 10 atom stereocenters. The molecule has 0 saturated heterocycles. The second-order valence-electron chi connectivity index (χ2n) is 15.8. The smallest absolute Gasteiger partial charge is 0.116 e. The molecule has 0 spiro atoms. The summed E-state index contributed by atoms with van der Waals surface area (Å²) < 4.78 is 33.3. The Morgan fingerprint density at radius 3 is 2.42 bits per heavy atom. The minimum Gasteiger partial charge on any atom is -0.748 e. The van der Waals surface area contributed by atoms with Crippen LogP contribution in [0.2, 0.25) is 0 Å². The fraction of sp³-hybridized carbons (Fsp3) is 1.00. The van der Waals surface area contributed by atoms with E-state index in [1.807, 2.05) is 14.1 Å². The first-order chi connectivity index (χ1) is 18.7. The molecule has 4 rings (SSSR count). The molecule has 0 aromatic carbocycles. The lowest BCUT2D eigenvalue weighted by molar-refractivity contribution is -0.893. The predicted molar refractivity (Wildman–Crippen MR) is 161 cm³/mol. The first-order valence-electron chi connectivity index (χ1n) is 16.6. The van der Waals surface area contributed by atoms with E-state index in [1.165, 1.54) is 70.6 Å². The number of likely N-dealkylation sites (N-methyl/N-ethyl adjacent to an activating group) is 1. The van der Waals surface area contributed by atoms with Gasteiger partial charge in [0.25, 0.3) is 0 Å². The Morgan fingerprint density at radius 1 is 1.02 bits per heavy atom. The molecule has 6 unspecified atom stereocenters. The van der Waals surface area contributed by atoms with Gasteiger partial charge in [0.1, 0.15) is 12.6 Å². The Kier molecular flexibility index (Phi) is 10.4. The minimum atomic E-state index is -4.40. The Labute approximate surface area is 245 Å². The van der Waals surface area contributed by atoms with Gasteiger partial charge in [-0.3, -0.25) is 10.9 Å². The zero-order valence-electron chi connectivity index (χ0n) is 26.5. The molecule has 3 N–H and O–H groups in total. The lowest BCUT2D eigenvalue weighted by Crippen LogP contribution is -2.56. The number of aliphatic hydroxyl groups is 1. The lowest BCUT2D eigenvalue weighted by atomic mass is 9.44. The van der Waals surface area contributed by atoms with Gasteiger partial charge in [0.2, 0.25) is 0 Å². The summed E-state index contributed by atoms with van der Waals surface area (Å²) >= 11 is 0. The van der Waals surface area contributed by atoms with Crippen molar-refractivity contribution in [2.45, 2.75) is 117 Å². The molecule has 0 aromatic heterocycles. The Bertz CT molecular complexity index is 944. The van der Waals surface area contributed by atoms with Gasteiger partial charge in [-0.05, 0) is 104 Å². The number of aliphatic hydroxyl groups excluding tert-OH is 1. The van der Waals surface area contributed by atoms with Gasteiger partial charge < -0.3 is 14.1 Å². The third-order valence-electron chi connectivity index (χ3n) is 12.6. The van der Waals surface area contributed by atoms with Crippen LogP contribution >= 0.6 is 0 Å². The molecule has 4 fully saturated rings. The number of hydrazine groups is 1. The van der Waals surface area contributed by atoms with Crippen LogP contribution in [0.4, 0.5) is 0 Å². The number of hydrogen-bond acceptors (Lipinski definition) is 6. The van der Waals surface area contributed by atoms with Gasteiger partial charge in [-0.1, -0.05) is 40.5 Å². The normalized spacial score (nSPS) is 39.7. The molecule has 0 amide bonds. The highest BCUT2D eigenvalue weighted by Crippen LogP contribution is 2.68. The zero-order chi connectivity index (χ0) is 29.3. The van der Waals surface area contributed by atoms with Crippen molar-refractivity contribution in [3.05, 3.63) is 0 Å². The number of rotatable bonds is 13. The van der Waals surface area contributed by atoms with E-state index in [4.69, 9.17) is 0 Å². The maximum absolute atomic E-state index is 10.9. The van der Waals surface area contributed by atoms with Crippen molar-refractivity contribution >= 4 is 10.1 Å². The van der Waals surface area contributed by atoms with Crippen LogP contribution in [0.15, 0.2) is 0 Å². The molecule has 4 aliphatic carbocycles. The van der Waals surface area contributed by atoms with Crippen LogP contribution in [0.25, 0.3) is 0 Å². The van der Waals surface area contributed by atoms with E-state index in [0.717, 1.165) is 55.0 Å². The van der Waals surface area contributed by atoms with Gasteiger partial charge in [-0.25, -0.2) is 8.42 Å². The predicted octanol–water partition coefficient (Wildman–Crippen LogP) is 4.92. The highest BCUT2D eigenvalue weighted by Gasteiger charge is 2.60. The van der Waals surface area contributed by atoms with E-state index in [0.29, 0.717) is 21.4 Å². The van der Waals surface area contributed by atoms with Crippen molar-refractivity contribution in [1.29, 1.82) is 0 Å². The highest BCUT2D eigenvalue weighted by atomic mass is 32.2. The molecule has 4 saturated carbocycles. The number of nitrogens with zero attached hydrogens (tertiary/aromatic N) is 1. The van der Waals surface area contributed by atoms with Crippen LogP contribution in [-0.4, -0.2) is 74.2 Å². The van der Waals surface area contributed by atoms with E-state index in [9.17, 15) is 18.1 Å². The highest BCUT2D eigenvalue weighted by molar-refractivity contribution is 7.85. The average Bonchev–Trinajstić information content (AvgIpc) is 3.19. The third kappa shape index (κ3) is 7.27. The topological polar surface area (TPSA) is 101 Å². The van der Waals surface area contributed by atoms with Gasteiger partial charge in [0.05, 0.1) is 36.5 Å². The molecular weight excluding hydrogens is 522 g/mol. The van der Waals surface area contributed by atoms with Crippen molar-refractivity contribution in [1.82, 2.24) is 10.9 Å². The van der Waals surface area contributed by atoms with Crippen LogP contribution in [0.3, 0.4) is 0 Å². The van der Waals surface area contributed by atoms with Gasteiger partial charge in [-0.2, -0.15) is 0 Å². The quantitative estimate of drug-likeness (QED) is 0.123. The van der Waals surface area contributed by atoms with Gasteiger partial charge in [0.15, 0.2) is 0 Å². The van der Waals surface area contributed by atoms with Crippen LogP contribution in [-0.2, 0) is 10.1 Å². The fourth-order valence-corrected chi connectivity index (χ4v) is 11.4. The number of nitrogens with one attached hydrogen (secondary N) is 2. The number of quaternary nitrogens is 1. The maximum Gasteiger partial charge on any atom is 0.116 e. The van der Waals surface area contributed by atoms with Gasteiger partial charge in [-0.15, -0.1) is 0 Å². The second-order valence-corrected chi connectivity index (χ2v) is 17.2. The van der Waals surface area contributed by atoms with E-state index >= 15 is 0 Å². The van der Waals surface area contributed by atoms with Crippen molar-refractivity contribution in [3.8, 4) is 0 Å². The van der Waals surface area contributed by atoms with Gasteiger partial charge >= 0.3 is 0 Å². The molecule has 234 valence electrons. The zero-order valence-corrected chi connectivity index (χ0v) is 27.3. The summed E-state index contributed by atoms with van der Waals surface area (Å²) in [4.78, 5) is 0. The molecule has 0 radical (unpaired) electrons. The first-order valence-corrected chi connectivity index (χ1v) is 18.2. The van der Waals surface area contributed by atoms with E-state index in [2.05, 4.69) is 38.5 Å². The second kappa shape index (κ2) is 12.8. The van der Waals surface area contributed by atoms with Crippen LogP contribution < -0.4 is 10.9 Å². The third-order valence-corrected chi connectivity index (χ3v) is 13.4. The SMILES string of the molecule is CCC[C@@H](C)[C@H]1CCC2C3CCC4CC(NNCCC[N+](C)(C)CC(O)CS(=O)(=O)[O-])CC[C@]4(C)C3CC[C@@]21C. The van der Waals surface area contributed by atoms with Crippen LogP contribution in [0, 0.1) is 46.3 Å². The molecule has 0 aliphatic heterocycles. The van der Waals surface area contributed by atoms with Crippen molar-refractivity contribution in [2.24, 2.45) is 46.3 Å². The van der Waals surface area contributed by atoms with E-state index < -0.39 is 22.0 Å². The molecule has 8 heteroatoms. The number of fused-ring (bicyclic) bond motifs is 5. The van der Waals surface area contributed by atoms with Crippen molar-refractivity contribution in [2.75, 3.05) is 39.5 Å². The Morgan fingerprint density at radius 2 is 1.73 bits per heavy atom. The monoisotopic (exact) mass is 583 g/mol. The summed E-state index contributed by atoms with van der Waals surface area (Å²) in [7, 11) is -0.464. The molecule has 7 nitrogen and oxygen atoms in total. The largest absolute Gasteiger partial charge is 0.748 e. The summed E-state index contributed by atoms with van der Waals surface area (Å²) in [6.45, 7) is 12.2. The van der Waals surface area contributed by atoms with Gasteiger partial charge in [0, 0.05) is 19.0 Å². The number of hydrogen-bond donors (Lipinski definition) is 3. The first kappa shape index (κ1) is 32.7. The standard InChI is InChI=1S/C32H61N3O4S/c1-7-9-23(2)28-12-13-29-27-11-10-24-20-25(14-16-31(24,3)30(27)15-17-32(28,29)4)34-33-18-8-19-35(5,6)21-26(36)22-40(37,38)39/h23-30,33-34,36H,7-22H2,1-6H3/t23-,24?,25?,26?,27?,28-,29?,30?,31+,32-/m1/s1. The summed E-state index contributed by atoms with van der Waals surface area (Å²) in [6, 6.07) is 0.529. The van der Waals surface area contributed by atoms with Crippen LogP contribution in [0.1, 0.15) is 105 Å². The van der Waals surface area contributed by atoms with E-state index in [1.54, 1.807) is 0 Å². The summed E-state index contributed by atoms with van der Waals surface area (Å²) in [5, 5.41) is 9.97. The molecule has 0 heterocycles. The molecule has 0 bridgehead atoms. The summed E-state index contributed by atoms with van der Waals surface area (Å²) in [5.41, 5.74) is 8.22. The Balaban J connectivity index is 1.22. The molecule has 0 aromatic rings. The molecule has 40 heavy (non-hydrogen) atoms. The Hall–Kier alpha value is -0.250. The van der Waals surface area contributed by atoms with Crippen LogP contribution in [0.5, 0.6) is 0 Å². The minimum absolute atomic E-state index is 0.262. The van der Waals surface area contributed by atoms with Crippen molar-refractivity contribution < 1.29 is 22.6 Å². The maximum atomic E-state index is 10.9. The molecular formula is C32H61N3O4S. The van der Waals surface area contributed by atoms with Crippen molar-refractivity contribution in [3.63, 3.8) is 0 Å². The molecule has 4 aliphatic rings. The summed E-state index contributed by atoms with van der Waals surface area (Å²) in [5.74, 6) is 4.78. The average molecular weight is 584 g/mol. The lowest BCUT2D eigenvalue weighted by Gasteiger charge is -2.61.